The summed E-state index contributed by atoms with van der Waals surface area (Å²) in [6.07, 6.45) is 3.49. The Labute approximate surface area is 158 Å². The minimum absolute atomic E-state index is 0.0296. The van der Waals surface area contributed by atoms with Crippen LogP contribution in [0.4, 0.5) is 0 Å². The average Bonchev–Trinajstić information content (AvgIpc) is 2.70. The minimum Gasteiger partial charge on any atom is -0.349 e. The van der Waals surface area contributed by atoms with Gasteiger partial charge in [-0.25, -0.2) is 0 Å². The second kappa shape index (κ2) is 9.20. The molecule has 1 N–H and O–H groups in total. The summed E-state index contributed by atoms with van der Waals surface area (Å²) in [5.74, 6) is 0.445. The van der Waals surface area contributed by atoms with E-state index in [9.17, 15) is 4.79 Å². The quantitative estimate of drug-likeness (QED) is 0.657. The number of amides is 1. The topological polar surface area (TPSA) is 42.0 Å². The molecule has 1 unspecified atom stereocenters. The summed E-state index contributed by atoms with van der Waals surface area (Å²) >= 11 is 1.65. The summed E-state index contributed by atoms with van der Waals surface area (Å²) < 4.78 is 0. The minimum atomic E-state index is -0.0296. The van der Waals surface area contributed by atoms with E-state index in [1.54, 1.807) is 24.2 Å². The van der Waals surface area contributed by atoms with E-state index >= 15 is 0 Å². The summed E-state index contributed by atoms with van der Waals surface area (Å²) in [5.41, 5.74) is 3.47. The number of carbonyl (C=O) groups excluding carboxylic acids is 1. The van der Waals surface area contributed by atoms with Crippen LogP contribution in [0, 0.1) is 0 Å². The second-order valence-corrected chi connectivity index (χ2v) is 7.18. The molecule has 1 heterocycles. The molecule has 0 saturated heterocycles. The predicted octanol–water partition coefficient (Wildman–Crippen LogP) is 4.78. The van der Waals surface area contributed by atoms with Crippen molar-refractivity contribution >= 4 is 17.7 Å². The van der Waals surface area contributed by atoms with Crippen molar-refractivity contribution in [1.82, 2.24) is 10.3 Å². The highest BCUT2D eigenvalue weighted by molar-refractivity contribution is 8.00. The Morgan fingerprint density at radius 1 is 0.885 bits per heavy atom. The van der Waals surface area contributed by atoms with Crippen LogP contribution >= 0.6 is 11.8 Å². The van der Waals surface area contributed by atoms with Crippen LogP contribution in [0.15, 0.2) is 85.2 Å². The predicted molar refractivity (Wildman–Crippen MR) is 108 cm³/mol. The number of benzene rings is 2. The van der Waals surface area contributed by atoms with Crippen LogP contribution in [0.1, 0.15) is 34.9 Å². The molecule has 0 bridgehead atoms. The van der Waals surface area contributed by atoms with Gasteiger partial charge in [-0.2, -0.15) is 0 Å². The molecule has 0 spiro atoms. The molecule has 4 heteroatoms. The normalized spacial score (nSPS) is 11.9. The Bertz CT molecular complexity index is 770. The Morgan fingerprint density at radius 3 is 1.96 bits per heavy atom. The Morgan fingerprint density at radius 2 is 1.42 bits per heavy atom. The first-order valence-corrected chi connectivity index (χ1v) is 9.69. The number of pyridine rings is 1. The van der Waals surface area contributed by atoms with Gasteiger partial charge in [0.05, 0.1) is 17.0 Å². The summed E-state index contributed by atoms with van der Waals surface area (Å²) in [7, 11) is 0. The fraction of sp³-hybridized carbons (Fsp3) is 0.182. The number of thioether (sulfide) groups is 1. The molecule has 0 aliphatic rings. The summed E-state index contributed by atoms with van der Waals surface area (Å²) in [6, 6.07) is 24.5. The van der Waals surface area contributed by atoms with E-state index in [0.29, 0.717) is 5.75 Å². The first-order valence-electron chi connectivity index (χ1n) is 8.65. The molecule has 3 aromatic rings. The average molecular weight is 362 g/mol. The summed E-state index contributed by atoms with van der Waals surface area (Å²) in [4.78, 5) is 16.5. The molecule has 0 radical (unpaired) electrons. The lowest BCUT2D eigenvalue weighted by Crippen LogP contribution is -2.28. The van der Waals surface area contributed by atoms with Gasteiger partial charge in [-0.3, -0.25) is 9.78 Å². The maximum absolute atomic E-state index is 12.4. The molecule has 0 aliphatic carbocycles. The monoisotopic (exact) mass is 362 g/mol. The van der Waals surface area contributed by atoms with Crippen LogP contribution in [0.3, 0.4) is 0 Å². The first-order chi connectivity index (χ1) is 12.7. The third kappa shape index (κ3) is 4.96. The van der Waals surface area contributed by atoms with E-state index in [4.69, 9.17) is 0 Å². The van der Waals surface area contributed by atoms with Crippen LogP contribution in [-0.4, -0.2) is 16.6 Å². The number of aromatic nitrogens is 1. The van der Waals surface area contributed by atoms with Crippen molar-refractivity contribution in [3.63, 3.8) is 0 Å². The Kier molecular flexibility index (Phi) is 6.45. The van der Waals surface area contributed by atoms with Gasteiger partial charge in [0.2, 0.25) is 5.91 Å². The highest BCUT2D eigenvalue weighted by Crippen LogP contribution is 2.35. The Hall–Kier alpha value is -2.59. The lowest BCUT2D eigenvalue weighted by atomic mass is 10.0. The van der Waals surface area contributed by atoms with Crippen molar-refractivity contribution in [2.45, 2.75) is 18.2 Å². The van der Waals surface area contributed by atoms with Crippen molar-refractivity contribution in [1.29, 1.82) is 0 Å². The van der Waals surface area contributed by atoms with Crippen LogP contribution in [-0.2, 0) is 4.79 Å². The standard InChI is InChI=1S/C22H22N2OS/c1-17(18-12-14-23-15-13-18)24-21(25)16-26-22(19-8-4-2-5-9-19)20-10-6-3-7-11-20/h2-15,17,22H,16H2,1H3,(H,24,25). The van der Waals surface area contributed by atoms with Gasteiger partial charge >= 0.3 is 0 Å². The fourth-order valence-corrected chi connectivity index (χ4v) is 3.92. The third-order valence-corrected chi connectivity index (χ3v) is 5.48. The molecule has 3 nitrogen and oxygen atoms in total. The molecular weight excluding hydrogens is 340 g/mol. The van der Waals surface area contributed by atoms with Crippen molar-refractivity contribution in [2.75, 3.05) is 5.75 Å². The van der Waals surface area contributed by atoms with Crippen LogP contribution < -0.4 is 5.32 Å². The molecule has 0 aliphatic heterocycles. The SMILES string of the molecule is CC(NC(=O)CSC(c1ccccc1)c1ccccc1)c1ccncc1. The number of hydrogen-bond donors (Lipinski definition) is 1. The lowest BCUT2D eigenvalue weighted by molar-refractivity contribution is -0.119. The van der Waals surface area contributed by atoms with E-state index in [0.717, 1.165) is 5.56 Å². The molecule has 0 saturated carbocycles. The fourth-order valence-electron chi connectivity index (χ4n) is 2.82. The van der Waals surface area contributed by atoms with Gasteiger partial charge in [0.15, 0.2) is 0 Å². The maximum Gasteiger partial charge on any atom is 0.230 e. The number of carbonyl (C=O) groups is 1. The second-order valence-electron chi connectivity index (χ2n) is 6.08. The van der Waals surface area contributed by atoms with E-state index in [2.05, 4.69) is 34.6 Å². The van der Waals surface area contributed by atoms with Gasteiger partial charge in [-0.15, -0.1) is 11.8 Å². The maximum atomic E-state index is 12.4. The van der Waals surface area contributed by atoms with Gasteiger partial charge in [0.25, 0.3) is 0 Å². The zero-order valence-corrected chi connectivity index (χ0v) is 15.5. The smallest absolute Gasteiger partial charge is 0.230 e. The molecule has 1 aromatic heterocycles. The molecule has 1 atom stereocenters. The molecule has 3 rings (SSSR count). The molecule has 2 aromatic carbocycles. The van der Waals surface area contributed by atoms with Gasteiger partial charge < -0.3 is 5.32 Å². The van der Waals surface area contributed by atoms with Crippen LogP contribution in [0.2, 0.25) is 0 Å². The van der Waals surface area contributed by atoms with E-state index in [1.165, 1.54) is 11.1 Å². The molecule has 1 amide bonds. The molecular formula is C22H22N2OS. The molecule has 132 valence electrons. The summed E-state index contributed by atoms with van der Waals surface area (Å²) in [6.45, 7) is 1.99. The highest BCUT2D eigenvalue weighted by atomic mass is 32.2. The molecule has 0 fully saturated rings. The first kappa shape index (κ1) is 18.2. The van der Waals surface area contributed by atoms with Gasteiger partial charge in [0.1, 0.15) is 0 Å². The zero-order valence-electron chi connectivity index (χ0n) is 14.7. The highest BCUT2D eigenvalue weighted by Gasteiger charge is 2.17. The number of hydrogen-bond acceptors (Lipinski definition) is 3. The van der Waals surface area contributed by atoms with Crippen molar-refractivity contribution < 1.29 is 4.79 Å². The van der Waals surface area contributed by atoms with E-state index in [-0.39, 0.29) is 17.2 Å². The number of nitrogens with zero attached hydrogens (tertiary/aromatic N) is 1. The van der Waals surface area contributed by atoms with Gasteiger partial charge in [-0.05, 0) is 35.7 Å². The molecule has 26 heavy (non-hydrogen) atoms. The van der Waals surface area contributed by atoms with Gasteiger partial charge in [0, 0.05) is 12.4 Å². The lowest BCUT2D eigenvalue weighted by Gasteiger charge is -2.19. The van der Waals surface area contributed by atoms with Gasteiger partial charge in [-0.1, -0.05) is 60.7 Å². The van der Waals surface area contributed by atoms with Crippen molar-refractivity contribution in [3.05, 3.63) is 102 Å². The van der Waals surface area contributed by atoms with Crippen LogP contribution in [0.5, 0.6) is 0 Å². The number of rotatable bonds is 7. The third-order valence-electron chi connectivity index (χ3n) is 4.17. The largest absolute Gasteiger partial charge is 0.349 e. The van der Waals surface area contributed by atoms with Crippen LogP contribution in [0.25, 0.3) is 0 Å². The van der Waals surface area contributed by atoms with E-state index < -0.39 is 0 Å². The van der Waals surface area contributed by atoms with Crippen molar-refractivity contribution in [3.8, 4) is 0 Å². The van der Waals surface area contributed by atoms with E-state index in [1.807, 2.05) is 55.5 Å². The summed E-state index contributed by atoms with van der Waals surface area (Å²) in [5, 5.41) is 3.21. The zero-order chi connectivity index (χ0) is 18.2. The van der Waals surface area contributed by atoms with Crippen molar-refractivity contribution in [2.24, 2.45) is 0 Å². The number of nitrogens with one attached hydrogen (secondary N) is 1. The Balaban J connectivity index is 1.65.